The van der Waals surface area contributed by atoms with E-state index in [1.54, 1.807) is 0 Å². The van der Waals surface area contributed by atoms with Gasteiger partial charge in [0.1, 0.15) is 0 Å². The molecule has 6 heteroatoms. The fourth-order valence-corrected chi connectivity index (χ4v) is 4.98. The Labute approximate surface area is 162 Å². The highest BCUT2D eigenvalue weighted by molar-refractivity contribution is 5.38. The van der Waals surface area contributed by atoms with Crippen LogP contribution in [-0.4, -0.2) is 50.1 Å². The number of anilines is 1. The molecule has 0 unspecified atom stereocenters. The largest absolute Gasteiger partial charge is 0.355 e. The van der Waals surface area contributed by atoms with Crippen LogP contribution < -0.4 is 4.90 Å². The molecule has 6 nitrogen and oxygen atoms in total. The number of nitrogens with zero attached hydrogens (tertiary/aromatic N) is 6. The van der Waals surface area contributed by atoms with E-state index >= 15 is 0 Å². The molecule has 0 aliphatic carbocycles. The number of piperidine rings is 1. The third-order valence-corrected chi connectivity index (χ3v) is 6.72. The molecule has 2 aromatic heterocycles. The van der Waals surface area contributed by atoms with Crippen molar-refractivity contribution in [3.63, 3.8) is 0 Å². The summed E-state index contributed by atoms with van der Waals surface area (Å²) in [7, 11) is 0. The lowest BCUT2D eigenvalue weighted by atomic mass is 9.84. The maximum atomic E-state index is 4.73. The van der Waals surface area contributed by atoms with E-state index in [4.69, 9.17) is 5.10 Å². The minimum absolute atomic E-state index is 0.349. The van der Waals surface area contributed by atoms with E-state index in [2.05, 4.69) is 57.6 Å². The normalized spacial score (nSPS) is 19.9. The highest BCUT2D eigenvalue weighted by Crippen LogP contribution is 2.40. The molecule has 4 heterocycles. The summed E-state index contributed by atoms with van der Waals surface area (Å²) in [5.74, 6) is 1.02. The van der Waals surface area contributed by atoms with Crippen LogP contribution in [-0.2, 0) is 13.1 Å². The van der Waals surface area contributed by atoms with E-state index in [9.17, 15) is 0 Å². The highest BCUT2D eigenvalue weighted by Gasteiger charge is 2.43. The van der Waals surface area contributed by atoms with E-state index in [0.29, 0.717) is 5.54 Å². The third-order valence-electron chi connectivity index (χ3n) is 6.72. The minimum atomic E-state index is 0.349. The molecule has 0 bridgehead atoms. The van der Waals surface area contributed by atoms with Crippen LogP contribution in [0, 0.1) is 20.8 Å². The number of rotatable bonds is 4. The van der Waals surface area contributed by atoms with Crippen molar-refractivity contribution in [2.75, 3.05) is 24.5 Å². The van der Waals surface area contributed by atoms with E-state index in [1.165, 1.54) is 49.2 Å². The molecule has 4 rings (SSSR count). The Morgan fingerprint density at radius 2 is 1.78 bits per heavy atom. The molecule has 0 radical (unpaired) electrons. The lowest BCUT2D eigenvalue weighted by molar-refractivity contribution is 0.0992. The van der Waals surface area contributed by atoms with Crippen LogP contribution in [0.4, 0.5) is 5.82 Å². The van der Waals surface area contributed by atoms with Gasteiger partial charge in [0, 0.05) is 43.0 Å². The molecule has 0 amide bonds. The van der Waals surface area contributed by atoms with Crippen molar-refractivity contribution in [2.45, 2.75) is 72.0 Å². The Balaban J connectivity index is 1.47. The molecular formula is C21H32N6. The van der Waals surface area contributed by atoms with Crippen molar-refractivity contribution in [3.8, 4) is 0 Å². The molecule has 1 spiro atoms. The van der Waals surface area contributed by atoms with Crippen molar-refractivity contribution >= 4 is 5.82 Å². The zero-order chi connectivity index (χ0) is 19.0. The molecule has 0 atom stereocenters. The van der Waals surface area contributed by atoms with Gasteiger partial charge in [-0.1, -0.05) is 0 Å². The molecule has 146 valence electrons. The molecule has 0 aromatic carbocycles. The summed E-state index contributed by atoms with van der Waals surface area (Å²) >= 11 is 0. The van der Waals surface area contributed by atoms with E-state index in [1.807, 2.05) is 6.92 Å². The number of hydrogen-bond donors (Lipinski definition) is 0. The molecule has 0 saturated carbocycles. The molecule has 2 saturated heterocycles. The minimum Gasteiger partial charge on any atom is -0.355 e. The standard InChI is InChI=1S/C21H32N6/c1-5-27-18(4)19(17(3)24-27)15-26-12-6-9-21(26)10-13-25(14-11-21)20-8-7-16(2)22-23-20/h7-8H,5-6,9-15H2,1-4H3. The first-order valence-corrected chi connectivity index (χ1v) is 10.4. The van der Waals surface area contributed by atoms with E-state index < -0.39 is 0 Å². The zero-order valence-corrected chi connectivity index (χ0v) is 17.2. The fraction of sp³-hybridized carbons (Fsp3) is 0.667. The van der Waals surface area contributed by atoms with Gasteiger partial charge >= 0.3 is 0 Å². The van der Waals surface area contributed by atoms with Gasteiger partial charge in [-0.05, 0) is 72.1 Å². The summed E-state index contributed by atoms with van der Waals surface area (Å²) in [6.07, 6.45) is 5.05. The highest BCUT2D eigenvalue weighted by atomic mass is 15.3. The molecule has 2 fully saturated rings. The van der Waals surface area contributed by atoms with Gasteiger partial charge < -0.3 is 4.90 Å². The topological polar surface area (TPSA) is 50.1 Å². The van der Waals surface area contributed by atoms with Crippen LogP contribution in [0.1, 0.15) is 55.3 Å². The summed E-state index contributed by atoms with van der Waals surface area (Å²) in [4.78, 5) is 5.15. The average Bonchev–Trinajstić information content (AvgIpc) is 3.18. The second-order valence-corrected chi connectivity index (χ2v) is 8.23. The summed E-state index contributed by atoms with van der Waals surface area (Å²) in [5.41, 5.74) is 5.30. The lowest BCUT2D eigenvalue weighted by Gasteiger charge is -2.45. The van der Waals surface area contributed by atoms with Gasteiger partial charge in [-0.3, -0.25) is 9.58 Å². The zero-order valence-electron chi connectivity index (χ0n) is 17.2. The molecule has 2 aliphatic rings. The summed E-state index contributed by atoms with van der Waals surface area (Å²) in [6, 6.07) is 4.17. The van der Waals surface area contributed by atoms with Crippen molar-refractivity contribution in [1.82, 2.24) is 24.9 Å². The van der Waals surface area contributed by atoms with Gasteiger partial charge in [0.05, 0.1) is 11.4 Å². The monoisotopic (exact) mass is 368 g/mol. The van der Waals surface area contributed by atoms with Gasteiger partial charge in [0.25, 0.3) is 0 Å². The number of likely N-dealkylation sites (tertiary alicyclic amines) is 1. The summed E-state index contributed by atoms with van der Waals surface area (Å²) < 4.78 is 2.14. The van der Waals surface area contributed by atoms with Crippen LogP contribution in [0.5, 0.6) is 0 Å². The first-order chi connectivity index (χ1) is 13.0. The predicted octanol–water partition coefficient (Wildman–Crippen LogP) is 3.25. The molecule has 0 N–H and O–H groups in total. The molecule has 2 aliphatic heterocycles. The number of hydrogen-bond acceptors (Lipinski definition) is 5. The Hall–Kier alpha value is -1.95. The second kappa shape index (κ2) is 7.23. The quantitative estimate of drug-likeness (QED) is 0.829. The Bertz CT molecular complexity index is 786. The maximum absolute atomic E-state index is 4.73. The number of aromatic nitrogens is 4. The second-order valence-electron chi connectivity index (χ2n) is 8.23. The van der Waals surface area contributed by atoms with Crippen molar-refractivity contribution in [2.24, 2.45) is 0 Å². The Morgan fingerprint density at radius 1 is 1.00 bits per heavy atom. The van der Waals surface area contributed by atoms with Crippen LogP contribution in [0.3, 0.4) is 0 Å². The van der Waals surface area contributed by atoms with Gasteiger partial charge in [-0.15, -0.1) is 5.10 Å². The Kier molecular flexibility index (Phi) is 4.93. The smallest absolute Gasteiger partial charge is 0.151 e. The molecule has 27 heavy (non-hydrogen) atoms. The van der Waals surface area contributed by atoms with Gasteiger partial charge in [0.15, 0.2) is 5.82 Å². The van der Waals surface area contributed by atoms with E-state index in [0.717, 1.165) is 37.7 Å². The summed E-state index contributed by atoms with van der Waals surface area (Å²) in [6.45, 7) is 13.9. The third kappa shape index (κ3) is 3.35. The Morgan fingerprint density at radius 3 is 2.41 bits per heavy atom. The lowest BCUT2D eigenvalue weighted by Crippen LogP contribution is -2.52. The molecule has 2 aromatic rings. The van der Waals surface area contributed by atoms with Gasteiger partial charge in [-0.2, -0.15) is 10.2 Å². The summed E-state index contributed by atoms with van der Waals surface area (Å²) in [5, 5.41) is 13.4. The van der Waals surface area contributed by atoms with E-state index in [-0.39, 0.29) is 0 Å². The van der Waals surface area contributed by atoms with Crippen LogP contribution >= 0.6 is 0 Å². The van der Waals surface area contributed by atoms with Crippen molar-refractivity contribution in [1.29, 1.82) is 0 Å². The first-order valence-electron chi connectivity index (χ1n) is 10.4. The van der Waals surface area contributed by atoms with Crippen LogP contribution in [0.25, 0.3) is 0 Å². The van der Waals surface area contributed by atoms with Crippen LogP contribution in [0.2, 0.25) is 0 Å². The number of aryl methyl sites for hydroxylation is 3. The SMILES string of the molecule is CCn1nc(C)c(CN2CCCC23CCN(c2ccc(C)nn2)CC3)c1C. The fourth-order valence-electron chi connectivity index (χ4n) is 4.98. The molecular weight excluding hydrogens is 336 g/mol. The van der Waals surface area contributed by atoms with Crippen molar-refractivity contribution < 1.29 is 0 Å². The average molecular weight is 369 g/mol. The van der Waals surface area contributed by atoms with Crippen LogP contribution in [0.15, 0.2) is 12.1 Å². The van der Waals surface area contributed by atoms with Crippen molar-refractivity contribution in [3.05, 3.63) is 34.8 Å². The first kappa shape index (κ1) is 18.4. The van der Waals surface area contributed by atoms with Gasteiger partial charge in [-0.25, -0.2) is 0 Å². The predicted molar refractivity (Wildman–Crippen MR) is 108 cm³/mol. The van der Waals surface area contributed by atoms with Gasteiger partial charge in [0.2, 0.25) is 0 Å². The maximum Gasteiger partial charge on any atom is 0.151 e.